The molecule has 0 aliphatic heterocycles. The Balaban J connectivity index is 1.92. The van der Waals surface area contributed by atoms with Crippen LogP contribution in [0.2, 0.25) is 0 Å². The van der Waals surface area contributed by atoms with Gasteiger partial charge in [0, 0.05) is 21.3 Å². The number of aromatic nitrogens is 1. The summed E-state index contributed by atoms with van der Waals surface area (Å²) in [6.45, 7) is 2.58. The van der Waals surface area contributed by atoms with Crippen molar-refractivity contribution < 1.29 is 4.79 Å². The molecule has 0 saturated heterocycles. The van der Waals surface area contributed by atoms with Crippen LogP contribution >= 0.6 is 35.3 Å². The van der Waals surface area contributed by atoms with E-state index >= 15 is 0 Å². The highest BCUT2D eigenvalue weighted by atomic mass is 32.1. The Bertz CT molecular complexity index is 518. The van der Waals surface area contributed by atoms with E-state index in [-0.39, 0.29) is 5.91 Å². The zero-order valence-electron chi connectivity index (χ0n) is 9.27. The Morgan fingerprint density at radius 2 is 2.41 bits per heavy atom. The van der Waals surface area contributed by atoms with Gasteiger partial charge in [-0.1, -0.05) is 6.92 Å². The van der Waals surface area contributed by atoms with Crippen molar-refractivity contribution in [3.63, 3.8) is 0 Å². The van der Waals surface area contributed by atoms with Crippen molar-refractivity contribution in [2.24, 2.45) is 0 Å². The van der Waals surface area contributed by atoms with Crippen LogP contribution < -0.4 is 5.32 Å². The lowest BCUT2D eigenvalue weighted by Gasteiger charge is -1.99. The van der Waals surface area contributed by atoms with E-state index in [2.05, 4.69) is 29.9 Å². The van der Waals surface area contributed by atoms with Crippen LogP contribution in [0.3, 0.4) is 0 Å². The molecule has 0 aromatic carbocycles. The SMILES string of the molecule is CCc1cnc(CNC(=O)c2cc(S)cs2)s1. The fourth-order valence-electron chi connectivity index (χ4n) is 1.28. The first-order valence-corrected chi connectivity index (χ1v) is 7.32. The van der Waals surface area contributed by atoms with Gasteiger partial charge >= 0.3 is 0 Å². The van der Waals surface area contributed by atoms with Gasteiger partial charge < -0.3 is 5.32 Å². The number of hydrogen-bond donors (Lipinski definition) is 2. The molecule has 0 aliphatic carbocycles. The molecule has 0 radical (unpaired) electrons. The number of thiol groups is 1. The highest BCUT2D eigenvalue weighted by Gasteiger charge is 2.08. The minimum atomic E-state index is -0.0662. The van der Waals surface area contributed by atoms with Crippen LogP contribution in [0.4, 0.5) is 0 Å². The van der Waals surface area contributed by atoms with Gasteiger partial charge in [0.1, 0.15) is 5.01 Å². The molecule has 90 valence electrons. The van der Waals surface area contributed by atoms with Gasteiger partial charge in [0.15, 0.2) is 0 Å². The predicted molar refractivity (Wildman–Crippen MR) is 74.2 cm³/mol. The molecule has 6 heteroatoms. The smallest absolute Gasteiger partial charge is 0.261 e. The van der Waals surface area contributed by atoms with E-state index in [9.17, 15) is 4.79 Å². The average Bonchev–Trinajstić information content (AvgIpc) is 2.94. The quantitative estimate of drug-likeness (QED) is 0.848. The largest absolute Gasteiger partial charge is 0.345 e. The molecule has 0 atom stereocenters. The summed E-state index contributed by atoms with van der Waals surface area (Å²) < 4.78 is 0. The third-order valence-corrected chi connectivity index (χ3v) is 4.66. The second-order valence-corrected chi connectivity index (χ2v) is 6.05. The van der Waals surface area contributed by atoms with E-state index in [0.717, 1.165) is 16.3 Å². The molecule has 3 nitrogen and oxygen atoms in total. The van der Waals surface area contributed by atoms with Crippen LogP contribution in [-0.4, -0.2) is 10.9 Å². The molecule has 0 unspecified atom stereocenters. The fourth-order valence-corrected chi connectivity index (χ4v) is 3.15. The molecule has 0 bridgehead atoms. The zero-order chi connectivity index (χ0) is 12.3. The van der Waals surface area contributed by atoms with Crippen molar-refractivity contribution in [3.05, 3.63) is 32.4 Å². The standard InChI is InChI=1S/C11H12N2OS3/c1-2-8-4-12-10(17-8)5-13-11(14)9-3-7(15)6-16-9/h3-4,6,15H,2,5H2,1H3,(H,13,14). The van der Waals surface area contributed by atoms with E-state index in [1.807, 2.05) is 11.6 Å². The van der Waals surface area contributed by atoms with Crippen LogP contribution in [0, 0.1) is 0 Å². The van der Waals surface area contributed by atoms with E-state index in [1.165, 1.54) is 16.2 Å². The van der Waals surface area contributed by atoms with Gasteiger partial charge in [-0.05, 0) is 12.5 Å². The number of thiazole rings is 1. The number of carbonyl (C=O) groups is 1. The number of amides is 1. The van der Waals surface area contributed by atoms with E-state index < -0.39 is 0 Å². The third kappa shape index (κ3) is 3.31. The van der Waals surface area contributed by atoms with E-state index in [1.54, 1.807) is 17.4 Å². The minimum absolute atomic E-state index is 0.0662. The van der Waals surface area contributed by atoms with Gasteiger partial charge in [-0.3, -0.25) is 4.79 Å². The Morgan fingerprint density at radius 1 is 1.59 bits per heavy atom. The predicted octanol–water partition coefficient (Wildman–Crippen LogP) is 2.99. The van der Waals surface area contributed by atoms with Crippen molar-refractivity contribution >= 4 is 41.2 Å². The summed E-state index contributed by atoms with van der Waals surface area (Å²) in [5, 5.41) is 5.64. The maximum absolute atomic E-state index is 11.7. The lowest BCUT2D eigenvalue weighted by atomic mass is 10.4. The number of rotatable bonds is 4. The first kappa shape index (κ1) is 12.6. The van der Waals surface area contributed by atoms with Crippen molar-refractivity contribution in [2.75, 3.05) is 0 Å². The molecule has 0 fully saturated rings. The number of hydrogen-bond acceptors (Lipinski definition) is 5. The van der Waals surface area contributed by atoms with Crippen molar-refractivity contribution in [1.82, 2.24) is 10.3 Å². The normalized spacial score (nSPS) is 10.5. The summed E-state index contributed by atoms with van der Waals surface area (Å²) in [4.78, 5) is 18.7. The lowest BCUT2D eigenvalue weighted by molar-refractivity contribution is 0.0955. The van der Waals surface area contributed by atoms with Gasteiger partial charge in [0.25, 0.3) is 5.91 Å². The molecular formula is C11H12N2OS3. The van der Waals surface area contributed by atoms with Crippen molar-refractivity contribution in [1.29, 1.82) is 0 Å². The number of thiophene rings is 1. The Morgan fingerprint density at radius 3 is 3.00 bits per heavy atom. The first-order chi connectivity index (χ1) is 8.19. The summed E-state index contributed by atoms with van der Waals surface area (Å²) in [6.07, 6.45) is 2.85. The molecule has 2 aromatic rings. The Kier molecular flexibility index (Phi) is 4.20. The fraction of sp³-hybridized carbons (Fsp3) is 0.273. The molecule has 2 aromatic heterocycles. The lowest BCUT2D eigenvalue weighted by Crippen LogP contribution is -2.21. The molecule has 0 spiro atoms. The van der Waals surface area contributed by atoms with Crippen molar-refractivity contribution in [2.45, 2.75) is 24.8 Å². The van der Waals surface area contributed by atoms with Crippen LogP contribution in [0.15, 0.2) is 22.5 Å². The van der Waals surface area contributed by atoms with E-state index in [4.69, 9.17) is 0 Å². The summed E-state index contributed by atoms with van der Waals surface area (Å²) >= 11 is 7.21. The van der Waals surface area contributed by atoms with Crippen molar-refractivity contribution in [3.8, 4) is 0 Å². The third-order valence-electron chi connectivity index (χ3n) is 2.16. The highest BCUT2D eigenvalue weighted by molar-refractivity contribution is 7.80. The average molecular weight is 284 g/mol. The number of carbonyl (C=O) groups excluding carboxylic acids is 1. The summed E-state index contributed by atoms with van der Waals surface area (Å²) in [6, 6.07) is 1.77. The van der Waals surface area contributed by atoms with E-state index in [0.29, 0.717) is 11.4 Å². The zero-order valence-corrected chi connectivity index (χ0v) is 11.8. The molecule has 0 aliphatic rings. The molecule has 2 heterocycles. The van der Waals surface area contributed by atoms with Crippen LogP contribution in [0.1, 0.15) is 26.5 Å². The number of aryl methyl sites for hydroxylation is 1. The highest BCUT2D eigenvalue weighted by Crippen LogP contribution is 2.18. The Hall–Kier alpha value is -0.850. The molecule has 0 saturated carbocycles. The molecule has 2 rings (SSSR count). The Labute approximate surface area is 113 Å². The minimum Gasteiger partial charge on any atom is -0.345 e. The second-order valence-electron chi connectivity index (χ2n) is 3.43. The van der Waals surface area contributed by atoms with Gasteiger partial charge in [0.05, 0.1) is 11.4 Å². The maximum atomic E-state index is 11.7. The molecule has 1 amide bonds. The monoisotopic (exact) mass is 284 g/mol. The summed E-state index contributed by atoms with van der Waals surface area (Å²) in [5.74, 6) is -0.0662. The second kappa shape index (κ2) is 5.66. The first-order valence-electron chi connectivity index (χ1n) is 5.18. The van der Waals surface area contributed by atoms with Gasteiger partial charge in [-0.25, -0.2) is 4.98 Å². The number of nitrogens with zero attached hydrogens (tertiary/aromatic N) is 1. The topological polar surface area (TPSA) is 42.0 Å². The molecular weight excluding hydrogens is 272 g/mol. The van der Waals surface area contributed by atoms with Gasteiger partial charge in [-0.2, -0.15) is 0 Å². The summed E-state index contributed by atoms with van der Waals surface area (Å²) in [7, 11) is 0. The molecule has 17 heavy (non-hydrogen) atoms. The van der Waals surface area contributed by atoms with Gasteiger partial charge in [0.2, 0.25) is 0 Å². The van der Waals surface area contributed by atoms with Crippen LogP contribution in [0.5, 0.6) is 0 Å². The van der Waals surface area contributed by atoms with Crippen LogP contribution in [0.25, 0.3) is 0 Å². The maximum Gasteiger partial charge on any atom is 0.261 e. The van der Waals surface area contributed by atoms with Gasteiger partial charge in [-0.15, -0.1) is 35.3 Å². The number of nitrogens with one attached hydrogen (secondary N) is 1. The van der Waals surface area contributed by atoms with Crippen LogP contribution in [-0.2, 0) is 13.0 Å². The summed E-state index contributed by atoms with van der Waals surface area (Å²) in [5.41, 5.74) is 0. The molecule has 1 N–H and O–H groups in total.